The monoisotopic (exact) mass is 842 g/mol. The van der Waals surface area contributed by atoms with E-state index in [-0.39, 0.29) is 30.3 Å². The molecule has 60 heavy (non-hydrogen) atoms. The lowest BCUT2D eigenvalue weighted by molar-refractivity contribution is -0.166. The van der Waals surface area contributed by atoms with E-state index in [2.05, 4.69) is 10.6 Å². The molecule has 15 heteroatoms. The number of aliphatic hydroxyl groups is 1. The molecule has 0 radical (unpaired) electrons. The van der Waals surface area contributed by atoms with Crippen molar-refractivity contribution in [2.75, 3.05) is 27.7 Å². The van der Waals surface area contributed by atoms with E-state index < -0.39 is 102 Å². The quantitative estimate of drug-likeness (QED) is 0.326. The first-order valence-corrected chi connectivity index (χ1v) is 21.3. The van der Waals surface area contributed by atoms with Crippen molar-refractivity contribution >= 4 is 41.5 Å². The van der Waals surface area contributed by atoms with Crippen LogP contribution in [-0.4, -0.2) is 131 Å². The molecule has 0 saturated heterocycles. The number of nitrogens with zero attached hydrogens (tertiary/aromatic N) is 3. The van der Waals surface area contributed by atoms with Gasteiger partial charge in [0.15, 0.2) is 6.10 Å². The van der Waals surface area contributed by atoms with E-state index in [1.165, 1.54) is 62.7 Å². The molecule has 0 saturated carbocycles. The van der Waals surface area contributed by atoms with Crippen LogP contribution < -0.4 is 10.6 Å². The molecule has 1 aromatic rings. The number of benzene rings is 1. The Kier molecular flexibility index (Phi) is 20.4. The zero-order valence-corrected chi connectivity index (χ0v) is 38.0. The van der Waals surface area contributed by atoms with Crippen LogP contribution in [0.15, 0.2) is 42.0 Å². The molecule has 1 aliphatic heterocycles. The standard InChI is InChI=1S/C45H71N5O10/c1-14-26(4)37-43(56)49(12)32(10)45(58)59-38(27(5)15-2)30(8)35(51)23-22-29(7)44(57)60-39(28(6)16-3)40(53)46-31(9)41(54)50(13)34(24-33-20-18-17-19-21-33)42(55)48(11)25-36(52)47-37/h17-22,26-28,30-32,34-35,37-39,51H,14-16,23-25H2,1-13H3,(H,46,53)(H,47,52)/t26-,27+,28+,30+,31+,32+,34-,35+,37+,38+,39-/m1/s1. The number of hydrogen-bond donors (Lipinski definition) is 3. The number of carbonyl (C=O) groups is 7. The van der Waals surface area contributed by atoms with Crippen molar-refractivity contribution in [2.24, 2.45) is 23.7 Å². The molecule has 11 atom stereocenters. The highest BCUT2D eigenvalue weighted by Crippen LogP contribution is 2.26. The smallest absolute Gasteiger partial charge is 0.334 e. The second-order valence-corrected chi connectivity index (χ2v) is 16.7. The first-order chi connectivity index (χ1) is 28.1. The van der Waals surface area contributed by atoms with Gasteiger partial charge < -0.3 is 39.9 Å². The lowest BCUT2D eigenvalue weighted by atomic mass is 9.86. The number of likely N-dealkylation sites (N-methyl/N-ethyl adjacent to an activating group) is 3. The Balaban J connectivity index is 2.66. The summed E-state index contributed by atoms with van der Waals surface area (Å²) in [6, 6.07) is 4.67. The average Bonchev–Trinajstić information content (AvgIpc) is 3.24. The first-order valence-electron chi connectivity index (χ1n) is 21.3. The number of rotatable bonds is 8. The molecule has 0 aromatic heterocycles. The first kappa shape index (κ1) is 51.4. The molecule has 0 spiro atoms. The fraction of sp³-hybridized carbons (Fsp3) is 0.667. The van der Waals surface area contributed by atoms with Gasteiger partial charge in [-0.25, -0.2) is 9.59 Å². The molecule has 15 nitrogen and oxygen atoms in total. The van der Waals surface area contributed by atoms with Crippen molar-refractivity contribution in [1.29, 1.82) is 0 Å². The summed E-state index contributed by atoms with van der Waals surface area (Å²) in [5.74, 6) is -6.06. The molecule has 1 aliphatic rings. The summed E-state index contributed by atoms with van der Waals surface area (Å²) in [7, 11) is 4.33. The van der Waals surface area contributed by atoms with Gasteiger partial charge in [-0.1, -0.05) is 97.7 Å². The maximum atomic E-state index is 14.2. The number of cyclic esters (lactones) is 2. The summed E-state index contributed by atoms with van der Waals surface area (Å²) in [5.41, 5.74) is 0.889. The van der Waals surface area contributed by atoms with Gasteiger partial charge in [-0.2, -0.15) is 0 Å². The van der Waals surface area contributed by atoms with Crippen molar-refractivity contribution < 1.29 is 48.1 Å². The SMILES string of the molecule is CC[C@@H](C)[C@@H]1NC(=O)CN(C)C(=O)[C@@H](Cc2ccccc2)N(C)C(=O)[C@H](C)NC(=O)[C@@H]([C@@H](C)CC)OC(=O)C(C)=CC[C@H](O)[C@H](C)[C@H]([C@@H](C)CC)OC(=O)[C@H](C)N(C)C1=O. The van der Waals surface area contributed by atoms with Crippen molar-refractivity contribution in [2.45, 2.75) is 144 Å². The van der Waals surface area contributed by atoms with Gasteiger partial charge in [0.2, 0.25) is 23.6 Å². The summed E-state index contributed by atoms with van der Waals surface area (Å²) < 4.78 is 11.8. The van der Waals surface area contributed by atoms with Crippen LogP contribution in [0.3, 0.4) is 0 Å². The van der Waals surface area contributed by atoms with Crippen LogP contribution in [0.5, 0.6) is 0 Å². The van der Waals surface area contributed by atoms with Crippen LogP contribution in [-0.2, 0) is 49.5 Å². The van der Waals surface area contributed by atoms with Gasteiger partial charge in [-0.3, -0.25) is 24.0 Å². The van der Waals surface area contributed by atoms with Crippen molar-refractivity contribution in [3.63, 3.8) is 0 Å². The van der Waals surface area contributed by atoms with E-state index in [4.69, 9.17) is 9.47 Å². The van der Waals surface area contributed by atoms with Crippen LogP contribution in [0, 0.1) is 23.7 Å². The van der Waals surface area contributed by atoms with Crippen LogP contribution in [0.2, 0.25) is 0 Å². The summed E-state index contributed by atoms with van der Waals surface area (Å²) in [6.45, 7) is 16.9. The third kappa shape index (κ3) is 13.9. The Morgan fingerprint density at radius 2 is 1.35 bits per heavy atom. The molecule has 0 fully saturated rings. The molecule has 1 aromatic carbocycles. The Morgan fingerprint density at radius 1 is 0.767 bits per heavy atom. The highest BCUT2D eigenvalue weighted by Gasteiger charge is 2.39. The molecule has 0 bridgehead atoms. The van der Waals surface area contributed by atoms with Crippen molar-refractivity contribution in [3.05, 3.63) is 47.5 Å². The Morgan fingerprint density at radius 3 is 1.92 bits per heavy atom. The van der Waals surface area contributed by atoms with E-state index in [9.17, 15) is 38.7 Å². The number of carbonyl (C=O) groups excluding carboxylic acids is 7. The molecular formula is C45H71N5O10. The normalized spacial score (nSPS) is 28.5. The topological polar surface area (TPSA) is 192 Å². The molecular weight excluding hydrogens is 771 g/mol. The number of nitrogens with one attached hydrogen (secondary N) is 2. The van der Waals surface area contributed by atoms with E-state index in [0.29, 0.717) is 19.3 Å². The number of aliphatic hydroxyl groups excluding tert-OH is 1. The summed E-state index contributed by atoms with van der Waals surface area (Å²) in [4.78, 5) is 100. The van der Waals surface area contributed by atoms with Gasteiger partial charge in [0.1, 0.15) is 30.3 Å². The number of esters is 2. The molecule has 0 aliphatic carbocycles. The van der Waals surface area contributed by atoms with Gasteiger partial charge in [-0.15, -0.1) is 0 Å². The minimum atomic E-state index is -1.26. The highest BCUT2D eigenvalue weighted by atomic mass is 16.6. The zero-order valence-electron chi connectivity index (χ0n) is 38.0. The Labute approximate surface area is 356 Å². The lowest BCUT2D eigenvalue weighted by Crippen LogP contribution is -2.58. The van der Waals surface area contributed by atoms with E-state index >= 15 is 0 Å². The summed E-state index contributed by atoms with van der Waals surface area (Å²) in [5, 5.41) is 16.8. The summed E-state index contributed by atoms with van der Waals surface area (Å²) in [6.07, 6.45) is 0.128. The lowest BCUT2D eigenvalue weighted by Gasteiger charge is -2.35. The zero-order chi connectivity index (χ0) is 45.6. The molecule has 1 heterocycles. The minimum absolute atomic E-state index is 0.00688. The summed E-state index contributed by atoms with van der Waals surface area (Å²) >= 11 is 0. The fourth-order valence-corrected chi connectivity index (χ4v) is 6.93. The van der Waals surface area contributed by atoms with Gasteiger partial charge >= 0.3 is 11.9 Å². The van der Waals surface area contributed by atoms with Crippen LogP contribution in [0.25, 0.3) is 0 Å². The largest absolute Gasteiger partial charge is 0.460 e. The molecule has 0 unspecified atom stereocenters. The third-order valence-corrected chi connectivity index (χ3v) is 12.1. The van der Waals surface area contributed by atoms with Gasteiger partial charge in [-0.05, 0) is 51.0 Å². The molecule has 5 amide bonds. The van der Waals surface area contributed by atoms with Gasteiger partial charge in [0.05, 0.1) is 12.6 Å². The Hall–Kier alpha value is -4.79. The third-order valence-electron chi connectivity index (χ3n) is 12.1. The van der Waals surface area contributed by atoms with Crippen LogP contribution in [0.4, 0.5) is 0 Å². The maximum Gasteiger partial charge on any atom is 0.334 e. The molecule has 336 valence electrons. The predicted molar refractivity (Wildman–Crippen MR) is 228 cm³/mol. The number of hydrogen-bond acceptors (Lipinski definition) is 10. The van der Waals surface area contributed by atoms with Crippen molar-refractivity contribution in [3.8, 4) is 0 Å². The average molecular weight is 842 g/mol. The highest BCUT2D eigenvalue weighted by molar-refractivity contribution is 5.96. The second kappa shape index (κ2) is 23.9. The van der Waals surface area contributed by atoms with E-state index in [0.717, 1.165) is 5.56 Å². The van der Waals surface area contributed by atoms with Gasteiger partial charge in [0.25, 0.3) is 5.91 Å². The fourth-order valence-electron chi connectivity index (χ4n) is 6.93. The molecule has 3 N–H and O–H groups in total. The van der Waals surface area contributed by atoms with Gasteiger partial charge in [0, 0.05) is 45.0 Å². The van der Waals surface area contributed by atoms with Crippen LogP contribution in [0.1, 0.15) is 100 Å². The maximum absolute atomic E-state index is 14.2. The Bertz CT molecular complexity index is 1670. The number of amides is 5. The minimum Gasteiger partial charge on any atom is -0.460 e. The van der Waals surface area contributed by atoms with Crippen LogP contribution >= 0.6 is 0 Å². The van der Waals surface area contributed by atoms with Crippen molar-refractivity contribution in [1.82, 2.24) is 25.3 Å². The van der Waals surface area contributed by atoms with E-state index in [1.54, 1.807) is 32.9 Å². The van der Waals surface area contributed by atoms with E-state index in [1.807, 2.05) is 45.9 Å². The second-order valence-electron chi connectivity index (χ2n) is 16.7. The predicted octanol–water partition coefficient (Wildman–Crippen LogP) is 3.66. The number of ether oxygens (including phenoxy) is 2. The molecule has 2 rings (SSSR count).